The molecule has 0 spiro atoms. The van der Waals surface area contributed by atoms with Crippen LogP contribution >= 0.6 is 0 Å². The van der Waals surface area contributed by atoms with Crippen molar-refractivity contribution in [2.24, 2.45) is 46.2 Å². The minimum absolute atomic E-state index is 0.118. The minimum atomic E-state index is -0.582. The van der Waals surface area contributed by atoms with Gasteiger partial charge in [0.2, 0.25) is 0 Å². The Bertz CT molecular complexity index is 634. The van der Waals surface area contributed by atoms with Crippen LogP contribution in [0.15, 0.2) is 0 Å². The van der Waals surface area contributed by atoms with E-state index in [0.717, 1.165) is 68.1 Å². The zero-order valence-corrected chi connectivity index (χ0v) is 20.4. The van der Waals surface area contributed by atoms with Gasteiger partial charge in [-0.1, -0.05) is 27.7 Å². The molecule has 4 aliphatic rings. The molecule has 3 nitrogen and oxygen atoms in total. The third-order valence-corrected chi connectivity index (χ3v) is 11.4. The smallest absolute Gasteiger partial charge is 0.0637 e. The van der Waals surface area contributed by atoms with Gasteiger partial charge in [-0.05, 0) is 124 Å². The SMILES string of the molecule is CC[C@@H](O)CC[C@@H](C)[C@H]1CC[C@H]2[C@@H]3CC[C@@]4(N)C[C@@](C)(O)CC[C@]4(C)[C@H]3CCC12C. The molecule has 0 amide bonds. The lowest BCUT2D eigenvalue weighted by molar-refractivity contribution is -0.159. The fourth-order valence-corrected chi connectivity index (χ4v) is 9.42. The lowest BCUT2D eigenvalue weighted by atomic mass is 9.41. The van der Waals surface area contributed by atoms with E-state index in [-0.39, 0.29) is 17.1 Å². The molecule has 0 bridgehead atoms. The third-order valence-electron chi connectivity index (χ3n) is 11.4. The maximum atomic E-state index is 10.8. The van der Waals surface area contributed by atoms with Crippen LogP contribution in [0, 0.1) is 40.4 Å². The van der Waals surface area contributed by atoms with Gasteiger partial charge in [0, 0.05) is 5.54 Å². The summed E-state index contributed by atoms with van der Waals surface area (Å²) in [4.78, 5) is 0. The number of fused-ring (bicyclic) bond motifs is 5. The first-order valence-electron chi connectivity index (χ1n) is 13.2. The third kappa shape index (κ3) is 3.50. The summed E-state index contributed by atoms with van der Waals surface area (Å²) in [5, 5.41) is 20.9. The number of hydrogen-bond acceptors (Lipinski definition) is 3. The zero-order valence-electron chi connectivity index (χ0n) is 20.4. The Hall–Kier alpha value is -0.120. The molecule has 4 fully saturated rings. The summed E-state index contributed by atoms with van der Waals surface area (Å²) in [5.74, 6) is 3.95. The molecule has 0 aromatic heterocycles. The average molecular weight is 420 g/mol. The lowest BCUT2D eigenvalue weighted by Crippen LogP contribution is -2.68. The van der Waals surface area contributed by atoms with Gasteiger partial charge in [0.05, 0.1) is 11.7 Å². The van der Waals surface area contributed by atoms with Crippen LogP contribution in [-0.4, -0.2) is 27.5 Å². The van der Waals surface area contributed by atoms with E-state index in [9.17, 15) is 10.2 Å². The summed E-state index contributed by atoms with van der Waals surface area (Å²) in [6.07, 6.45) is 13.5. The largest absolute Gasteiger partial charge is 0.393 e. The van der Waals surface area contributed by atoms with Gasteiger partial charge < -0.3 is 15.9 Å². The Balaban J connectivity index is 1.51. The van der Waals surface area contributed by atoms with E-state index < -0.39 is 5.60 Å². The molecule has 1 unspecified atom stereocenters. The quantitative estimate of drug-likeness (QED) is 0.538. The van der Waals surface area contributed by atoms with Crippen molar-refractivity contribution in [1.29, 1.82) is 0 Å². The van der Waals surface area contributed by atoms with Crippen molar-refractivity contribution < 1.29 is 10.2 Å². The molecule has 4 aliphatic carbocycles. The van der Waals surface area contributed by atoms with Crippen LogP contribution in [0.1, 0.15) is 112 Å². The molecule has 174 valence electrons. The van der Waals surface area contributed by atoms with Crippen molar-refractivity contribution in [2.45, 2.75) is 129 Å². The molecule has 4 N–H and O–H groups in total. The lowest BCUT2D eigenvalue weighted by Gasteiger charge is -2.66. The second-order valence-electron chi connectivity index (χ2n) is 13.0. The van der Waals surface area contributed by atoms with Crippen LogP contribution in [0.25, 0.3) is 0 Å². The normalized spacial score (nSPS) is 52.8. The summed E-state index contributed by atoms with van der Waals surface area (Å²) < 4.78 is 0. The van der Waals surface area contributed by atoms with Crippen LogP contribution in [0.4, 0.5) is 0 Å². The molecular formula is C27H49NO2. The molecule has 3 heteroatoms. The molecule has 0 aromatic rings. The monoisotopic (exact) mass is 419 g/mol. The first-order chi connectivity index (χ1) is 14.0. The molecule has 0 aromatic carbocycles. The number of rotatable bonds is 5. The summed E-state index contributed by atoms with van der Waals surface area (Å²) in [6.45, 7) is 11.7. The first kappa shape index (κ1) is 23.1. The van der Waals surface area contributed by atoms with E-state index in [0.29, 0.717) is 5.41 Å². The van der Waals surface area contributed by atoms with Crippen molar-refractivity contribution in [1.82, 2.24) is 0 Å². The fraction of sp³-hybridized carbons (Fsp3) is 1.00. The van der Waals surface area contributed by atoms with Crippen LogP contribution in [0.2, 0.25) is 0 Å². The Morgan fingerprint density at radius 1 is 0.933 bits per heavy atom. The highest BCUT2D eigenvalue weighted by atomic mass is 16.3. The van der Waals surface area contributed by atoms with Gasteiger partial charge in [0.1, 0.15) is 0 Å². The predicted octanol–water partition coefficient (Wildman–Crippen LogP) is 5.66. The molecule has 0 radical (unpaired) electrons. The van der Waals surface area contributed by atoms with Crippen molar-refractivity contribution in [3.63, 3.8) is 0 Å². The molecule has 0 saturated heterocycles. The van der Waals surface area contributed by atoms with E-state index in [1.807, 2.05) is 6.92 Å². The Morgan fingerprint density at radius 2 is 1.67 bits per heavy atom. The highest BCUT2D eigenvalue weighted by molar-refractivity contribution is 5.17. The van der Waals surface area contributed by atoms with Gasteiger partial charge in [0.25, 0.3) is 0 Å². The zero-order chi connectivity index (χ0) is 21.9. The minimum Gasteiger partial charge on any atom is -0.393 e. The maximum Gasteiger partial charge on any atom is 0.0637 e. The molecule has 30 heavy (non-hydrogen) atoms. The van der Waals surface area contributed by atoms with E-state index in [1.165, 1.54) is 38.5 Å². The maximum absolute atomic E-state index is 10.8. The van der Waals surface area contributed by atoms with Crippen LogP contribution in [-0.2, 0) is 0 Å². The second-order valence-corrected chi connectivity index (χ2v) is 13.0. The first-order valence-corrected chi connectivity index (χ1v) is 13.2. The van der Waals surface area contributed by atoms with Crippen molar-refractivity contribution in [2.75, 3.05) is 0 Å². The van der Waals surface area contributed by atoms with Crippen LogP contribution in [0.3, 0.4) is 0 Å². The highest BCUT2D eigenvalue weighted by Gasteiger charge is 2.64. The summed E-state index contributed by atoms with van der Waals surface area (Å²) >= 11 is 0. The number of aliphatic hydroxyl groups is 2. The van der Waals surface area contributed by atoms with Gasteiger partial charge in [-0.2, -0.15) is 0 Å². The van der Waals surface area contributed by atoms with E-state index in [1.54, 1.807) is 0 Å². The van der Waals surface area contributed by atoms with Crippen molar-refractivity contribution in [3.8, 4) is 0 Å². The standard InChI is InChI=1S/C27H49NO2/c1-6-19(29)8-7-18(2)21-9-10-22-20-11-14-27(28)17-24(3,30)15-16-26(27,5)23(20)12-13-25(21,22)4/h18-23,29-30H,6-17,28H2,1-5H3/t18-,19-,20+,21-,22+,23+,24+,25?,26-,27-/m1/s1. The second kappa shape index (κ2) is 7.73. The highest BCUT2D eigenvalue weighted by Crippen LogP contribution is 2.69. The van der Waals surface area contributed by atoms with Gasteiger partial charge in [0.15, 0.2) is 0 Å². The molecule has 10 atom stereocenters. The number of hydrogen-bond donors (Lipinski definition) is 3. The molecular weight excluding hydrogens is 370 g/mol. The fourth-order valence-electron chi connectivity index (χ4n) is 9.42. The predicted molar refractivity (Wildman–Crippen MR) is 124 cm³/mol. The van der Waals surface area contributed by atoms with Crippen molar-refractivity contribution in [3.05, 3.63) is 0 Å². The van der Waals surface area contributed by atoms with Crippen molar-refractivity contribution >= 4 is 0 Å². The summed E-state index contributed by atoms with van der Waals surface area (Å²) in [6, 6.07) is 0. The Morgan fingerprint density at radius 3 is 2.37 bits per heavy atom. The van der Waals surface area contributed by atoms with E-state index >= 15 is 0 Å². The van der Waals surface area contributed by atoms with Gasteiger partial charge >= 0.3 is 0 Å². The molecule has 4 saturated carbocycles. The van der Waals surface area contributed by atoms with Gasteiger partial charge in [-0.15, -0.1) is 0 Å². The number of nitrogens with two attached hydrogens (primary N) is 1. The average Bonchev–Trinajstić information content (AvgIpc) is 3.03. The van der Waals surface area contributed by atoms with E-state index in [2.05, 4.69) is 27.7 Å². The van der Waals surface area contributed by atoms with Crippen LogP contribution in [0.5, 0.6) is 0 Å². The van der Waals surface area contributed by atoms with Crippen LogP contribution < -0.4 is 5.73 Å². The molecule has 4 rings (SSSR count). The number of aliphatic hydroxyl groups excluding tert-OH is 1. The Kier molecular flexibility index (Phi) is 5.94. The summed E-state index contributed by atoms with van der Waals surface area (Å²) in [7, 11) is 0. The van der Waals surface area contributed by atoms with E-state index in [4.69, 9.17) is 5.73 Å². The Labute approximate surface area is 185 Å². The molecule has 0 aliphatic heterocycles. The molecule has 0 heterocycles. The topological polar surface area (TPSA) is 66.5 Å². The van der Waals surface area contributed by atoms with Gasteiger partial charge in [-0.25, -0.2) is 0 Å². The van der Waals surface area contributed by atoms with Gasteiger partial charge in [-0.3, -0.25) is 0 Å². The summed E-state index contributed by atoms with van der Waals surface area (Å²) in [5.41, 5.74) is 7.02.